The quantitative estimate of drug-likeness (QED) is 0.815. The van der Waals surface area contributed by atoms with Crippen LogP contribution in [-0.2, 0) is 11.2 Å². The SMILES string of the molecule is CC1(NC(=O)Cc2ccccn2)CCNCC1. The third-order valence-corrected chi connectivity index (χ3v) is 3.22. The van der Waals surface area contributed by atoms with E-state index in [9.17, 15) is 4.79 Å². The molecule has 0 atom stereocenters. The first-order chi connectivity index (χ1) is 8.18. The molecule has 17 heavy (non-hydrogen) atoms. The first-order valence-corrected chi connectivity index (χ1v) is 6.10. The van der Waals surface area contributed by atoms with Crippen LogP contribution in [0.1, 0.15) is 25.5 Å². The van der Waals surface area contributed by atoms with Gasteiger partial charge in [-0.05, 0) is 45.0 Å². The number of amides is 1. The van der Waals surface area contributed by atoms with Crippen molar-refractivity contribution in [1.29, 1.82) is 0 Å². The van der Waals surface area contributed by atoms with E-state index in [4.69, 9.17) is 0 Å². The Kier molecular flexibility index (Phi) is 3.74. The minimum absolute atomic E-state index is 0.0584. The Morgan fingerprint density at radius 3 is 2.88 bits per heavy atom. The van der Waals surface area contributed by atoms with Gasteiger partial charge in [0.05, 0.1) is 6.42 Å². The number of carbonyl (C=O) groups is 1. The summed E-state index contributed by atoms with van der Waals surface area (Å²) in [5.74, 6) is 0.0631. The van der Waals surface area contributed by atoms with E-state index in [0.717, 1.165) is 31.6 Å². The molecule has 4 nitrogen and oxygen atoms in total. The fourth-order valence-corrected chi connectivity index (χ4v) is 2.15. The zero-order valence-electron chi connectivity index (χ0n) is 10.2. The Morgan fingerprint density at radius 2 is 2.24 bits per heavy atom. The van der Waals surface area contributed by atoms with Crippen LogP contribution in [0.4, 0.5) is 0 Å². The Hall–Kier alpha value is -1.42. The highest BCUT2D eigenvalue weighted by Crippen LogP contribution is 2.17. The average molecular weight is 233 g/mol. The van der Waals surface area contributed by atoms with E-state index in [1.807, 2.05) is 18.2 Å². The molecule has 1 aromatic heterocycles. The van der Waals surface area contributed by atoms with E-state index in [2.05, 4.69) is 22.5 Å². The highest BCUT2D eigenvalue weighted by atomic mass is 16.1. The van der Waals surface area contributed by atoms with Gasteiger partial charge in [0.15, 0.2) is 0 Å². The molecule has 1 aliphatic heterocycles. The van der Waals surface area contributed by atoms with Crippen molar-refractivity contribution in [3.05, 3.63) is 30.1 Å². The lowest BCUT2D eigenvalue weighted by Gasteiger charge is -2.35. The van der Waals surface area contributed by atoms with Crippen molar-refractivity contribution in [3.63, 3.8) is 0 Å². The molecule has 0 spiro atoms. The van der Waals surface area contributed by atoms with Gasteiger partial charge in [0, 0.05) is 17.4 Å². The summed E-state index contributed by atoms with van der Waals surface area (Å²) in [6.07, 6.45) is 4.06. The van der Waals surface area contributed by atoms with Crippen LogP contribution in [0.2, 0.25) is 0 Å². The van der Waals surface area contributed by atoms with E-state index in [-0.39, 0.29) is 11.4 Å². The van der Waals surface area contributed by atoms with E-state index >= 15 is 0 Å². The summed E-state index contributed by atoms with van der Waals surface area (Å²) in [5.41, 5.74) is 0.763. The maximum Gasteiger partial charge on any atom is 0.226 e. The second-order valence-corrected chi connectivity index (χ2v) is 4.86. The Bertz CT molecular complexity index is 372. The maximum atomic E-state index is 11.9. The molecule has 1 aromatic rings. The van der Waals surface area contributed by atoms with Crippen LogP contribution in [0.15, 0.2) is 24.4 Å². The van der Waals surface area contributed by atoms with E-state index in [1.165, 1.54) is 0 Å². The molecule has 0 aromatic carbocycles. The minimum atomic E-state index is -0.0584. The summed E-state index contributed by atoms with van der Waals surface area (Å²) in [6, 6.07) is 5.64. The number of nitrogens with zero attached hydrogens (tertiary/aromatic N) is 1. The summed E-state index contributed by atoms with van der Waals surface area (Å²) < 4.78 is 0. The predicted octanol–water partition coefficient (Wildman–Crippen LogP) is 0.882. The third kappa shape index (κ3) is 3.53. The van der Waals surface area contributed by atoms with Crippen molar-refractivity contribution in [1.82, 2.24) is 15.6 Å². The van der Waals surface area contributed by atoms with Crippen molar-refractivity contribution in [2.75, 3.05) is 13.1 Å². The predicted molar refractivity (Wildman–Crippen MR) is 66.6 cm³/mol. The van der Waals surface area contributed by atoms with Crippen molar-refractivity contribution in [3.8, 4) is 0 Å². The third-order valence-electron chi connectivity index (χ3n) is 3.22. The van der Waals surface area contributed by atoms with Gasteiger partial charge < -0.3 is 10.6 Å². The lowest BCUT2D eigenvalue weighted by atomic mass is 9.90. The molecule has 2 rings (SSSR count). The van der Waals surface area contributed by atoms with Gasteiger partial charge >= 0.3 is 0 Å². The van der Waals surface area contributed by atoms with Gasteiger partial charge in [0.25, 0.3) is 0 Å². The van der Waals surface area contributed by atoms with Crippen LogP contribution >= 0.6 is 0 Å². The molecule has 0 unspecified atom stereocenters. The fraction of sp³-hybridized carbons (Fsp3) is 0.538. The molecule has 1 saturated heterocycles. The van der Waals surface area contributed by atoms with Crippen molar-refractivity contribution in [2.45, 2.75) is 31.7 Å². The van der Waals surface area contributed by atoms with Gasteiger partial charge in [-0.3, -0.25) is 9.78 Å². The van der Waals surface area contributed by atoms with E-state index in [1.54, 1.807) is 6.20 Å². The minimum Gasteiger partial charge on any atom is -0.351 e. The number of nitrogens with one attached hydrogen (secondary N) is 2. The normalized spacial score (nSPS) is 18.6. The van der Waals surface area contributed by atoms with E-state index in [0.29, 0.717) is 6.42 Å². The summed E-state index contributed by atoms with van der Waals surface area (Å²) >= 11 is 0. The number of hydrogen-bond donors (Lipinski definition) is 2. The molecule has 92 valence electrons. The number of pyridine rings is 1. The molecule has 0 aliphatic carbocycles. The second-order valence-electron chi connectivity index (χ2n) is 4.86. The first-order valence-electron chi connectivity index (χ1n) is 6.10. The fourth-order valence-electron chi connectivity index (χ4n) is 2.15. The van der Waals surface area contributed by atoms with Crippen molar-refractivity contribution >= 4 is 5.91 Å². The van der Waals surface area contributed by atoms with Crippen LogP contribution in [0, 0.1) is 0 Å². The van der Waals surface area contributed by atoms with Gasteiger partial charge in [0.2, 0.25) is 5.91 Å². The molecule has 0 radical (unpaired) electrons. The highest BCUT2D eigenvalue weighted by Gasteiger charge is 2.28. The van der Waals surface area contributed by atoms with Crippen molar-refractivity contribution < 1.29 is 4.79 Å². The van der Waals surface area contributed by atoms with Crippen LogP contribution in [0.25, 0.3) is 0 Å². The molecule has 1 fully saturated rings. The summed E-state index contributed by atoms with van der Waals surface area (Å²) in [5, 5.41) is 6.42. The van der Waals surface area contributed by atoms with Gasteiger partial charge in [-0.1, -0.05) is 6.07 Å². The van der Waals surface area contributed by atoms with Gasteiger partial charge in [-0.2, -0.15) is 0 Å². The summed E-state index contributed by atoms with van der Waals surface area (Å²) in [7, 11) is 0. The maximum absolute atomic E-state index is 11.9. The van der Waals surface area contributed by atoms with Crippen LogP contribution in [0.3, 0.4) is 0 Å². The van der Waals surface area contributed by atoms with Crippen LogP contribution in [0.5, 0.6) is 0 Å². The lowest BCUT2D eigenvalue weighted by Crippen LogP contribution is -2.52. The largest absolute Gasteiger partial charge is 0.351 e. The Labute approximate surface area is 102 Å². The molecular formula is C13H19N3O. The highest BCUT2D eigenvalue weighted by molar-refractivity contribution is 5.78. The molecule has 2 N–H and O–H groups in total. The molecule has 2 heterocycles. The number of aromatic nitrogens is 1. The molecule has 4 heteroatoms. The number of rotatable bonds is 3. The van der Waals surface area contributed by atoms with Gasteiger partial charge in [-0.25, -0.2) is 0 Å². The molecular weight excluding hydrogens is 214 g/mol. The van der Waals surface area contributed by atoms with Crippen molar-refractivity contribution in [2.24, 2.45) is 0 Å². The molecule has 1 aliphatic rings. The second kappa shape index (κ2) is 5.27. The number of piperidine rings is 1. The lowest BCUT2D eigenvalue weighted by molar-refractivity contribution is -0.122. The van der Waals surface area contributed by atoms with Crippen LogP contribution < -0.4 is 10.6 Å². The summed E-state index contributed by atoms with van der Waals surface area (Å²) in [6.45, 7) is 4.06. The van der Waals surface area contributed by atoms with E-state index < -0.39 is 0 Å². The Morgan fingerprint density at radius 1 is 1.47 bits per heavy atom. The number of carbonyl (C=O) groups excluding carboxylic acids is 1. The Balaban J connectivity index is 1.88. The first kappa shape index (κ1) is 12.0. The number of hydrogen-bond acceptors (Lipinski definition) is 3. The molecule has 0 saturated carbocycles. The van der Waals surface area contributed by atoms with Crippen LogP contribution in [-0.4, -0.2) is 29.5 Å². The standard InChI is InChI=1S/C13H19N3O/c1-13(5-8-14-9-6-13)16-12(17)10-11-4-2-3-7-15-11/h2-4,7,14H,5-6,8-10H2,1H3,(H,16,17). The molecule has 1 amide bonds. The zero-order chi connectivity index (χ0) is 12.1. The molecule has 0 bridgehead atoms. The van der Waals surface area contributed by atoms with Gasteiger partial charge in [-0.15, -0.1) is 0 Å². The zero-order valence-corrected chi connectivity index (χ0v) is 10.2. The average Bonchev–Trinajstić information content (AvgIpc) is 2.30. The monoisotopic (exact) mass is 233 g/mol. The van der Waals surface area contributed by atoms with Gasteiger partial charge in [0.1, 0.15) is 0 Å². The topological polar surface area (TPSA) is 54.0 Å². The summed E-state index contributed by atoms with van der Waals surface area (Å²) in [4.78, 5) is 16.1. The smallest absolute Gasteiger partial charge is 0.226 e.